The maximum atomic E-state index is 10.6. The summed E-state index contributed by atoms with van der Waals surface area (Å²) in [5.41, 5.74) is 1.80. The second-order valence-electron chi connectivity index (χ2n) is 2.03. The van der Waals surface area contributed by atoms with Crippen molar-refractivity contribution >= 4 is 0 Å². The van der Waals surface area contributed by atoms with Gasteiger partial charge in [-0.25, -0.2) is 0 Å². The van der Waals surface area contributed by atoms with Gasteiger partial charge in [-0.2, -0.15) is 12.4 Å². The molecule has 0 fully saturated rings. The van der Waals surface area contributed by atoms with Gasteiger partial charge in [0.1, 0.15) is 0 Å². The average Bonchev–Trinajstić information content (AvgIpc) is 1.80. The van der Waals surface area contributed by atoms with Gasteiger partial charge in [0.05, 0.1) is 0 Å². The number of benzene rings is 1. The van der Waals surface area contributed by atoms with Crippen molar-refractivity contribution in [1.82, 2.24) is 0 Å². The molecule has 0 bridgehead atoms. The Morgan fingerprint density at radius 1 is 0.684 bits per heavy atom. The quantitative estimate of drug-likeness (QED) is 0.355. The van der Waals surface area contributed by atoms with E-state index in [0.29, 0.717) is 0 Å². The molecule has 0 aliphatic rings. The fourth-order valence-electron chi connectivity index (χ4n) is 0.597. The summed E-state index contributed by atoms with van der Waals surface area (Å²) in [5.74, 6) is 0. The van der Waals surface area contributed by atoms with Crippen LogP contribution in [0.4, 0.5) is 0 Å². The maximum absolute atomic E-state index is 10.6. The van der Waals surface area contributed by atoms with Crippen LogP contribution in [0.3, 0.4) is 0 Å². The van der Waals surface area contributed by atoms with Gasteiger partial charge in [-0.1, -0.05) is 0 Å². The summed E-state index contributed by atoms with van der Waals surface area (Å²) < 4.78 is 0. The van der Waals surface area contributed by atoms with Crippen LogP contribution in [0.15, 0.2) is 10.9 Å². The Morgan fingerprint density at radius 2 is 1.00 bits per heavy atom. The molecule has 0 aliphatic carbocycles. The molecule has 1 aromatic rings. The third-order valence-corrected chi connectivity index (χ3v) is 1.29. The van der Waals surface area contributed by atoms with Crippen molar-refractivity contribution in [2.45, 2.75) is 13.8 Å². The second kappa shape index (κ2) is 42.2. The van der Waals surface area contributed by atoms with E-state index >= 15 is 0 Å². The molecule has 0 N–H and O–H groups in total. The van der Waals surface area contributed by atoms with Gasteiger partial charge in [-0.3, -0.25) is 0 Å². The molecule has 1 rings (SSSR count). The monoisotopic (exact) mass is 1010 g/mol. The van der Waals surface area contributed by atoms with Crippen LogP contribution in [-0.2, 0) is 327 Å². The Balaban J connectivity index is -0.0000000101. The third-order valence-electron chi connectivity index (χ3n) is 1.29. The van der Waals surface area contributed by atoms with Crippen LogP contribution in [-0.4, -0.2) is 0 Å². The molecule has 0 saturated carbocycles. The van der Waals surface area contributed by atoms with Gasteiger partial charge < -0.3 is 34.1 Å². The number of hydrogen-bond acceptors (Lipinski definition) is 1. The van der Waals surface area contributed by atoms with E-state index in [1.54, 1.807) is 0 Å². The van der Waals surface area contributed by atoms with Gasteiger partial charge >= 0.3 is 0 Å². The summed E-state index contributed by atoms with van der Waals surface area (Å²) in [6.07, 6.45) is 0. The molecule has 0 spiro atoms. The van der Waals surface area contributed by atoms with E-state index in [1.807, 2.05) is 13.8 Å². The van der Waals surface area contributed by atoms with Crippen LogP contribution in [0.1, 0.15) is 11.1 Å². The Morgan fingerprint density at radius 3 is 1.21 bits per heavy atom. The summed E-state index contributed by atoms with van der Waals surface area (Å²) in [4.78, 5) is 10.6. The molecule has 0 unspecified atom stereocenters. The Kier molecular flexibility index (Phi) is 140. The van der Waals surface area contributed by atoms with E-state index in [1.165, 1.54) is 6.07 Å². The minimum Gasteiger partial charge on any atom is -0.445 e. The van der Waals surface area contributed by atoms with Gasteiger partial charge in [-0.05, 0) is 0 Å². The fraction of sp³-hybridized carbons (Fsp3) is 0.250. The fourth-order valence-corrected chi connectivity index (χ4v) is 0.597. The van der Waals surface area contributed by atoms with E-state index in [9.17, 15) is 4.79 Å². The predicted molar refractivity (Wildman–Crippen MR) is 35.5 cm³/mol. The first-order valence-electron chi connectivity index (χ1n) is 2.78. The van der Waals surface area contributed by atoms with Gasteiger partial charge in [0, 0.05) is 327 Å². The molecule has 0 heterocycles. The Labute approximate surface area is 368 Å². The van der Waals surface area contributed by atoms with Crippen molar-refractivity contribution < 1.29 is 327 Å². The van der Waals surface area contributed by atoms with Gasteiger partial charge in [0.2, 0.25) is 0 Å². The molecule has 0 aliphatic heterocycles. The third kappa shape index (κ3) is 35.8. The summed E-state index contributed by atoms with van der Waals surface area (Å²) in [6.45, 7) is 3.76. The summed E-state index contributed by atoms with van der Waals surface area (Å²) in [7, 11) is 0. The summed E-state index contributed by atoms with van der Waals surface area (Å²) in [6, 6.07) is 6.88. The molecule has 0 aromatic heterocycles. The standard InChI is InChI=1S/C8H7O.10Y/c1-6-3-4-8(9)5-7(6)2;;;;;;;;;;/h4H,1-2H3;;;;;;;;;;/q-3;;;;;;;;;;. The largest absolute Gasteiger partial charge is 0.445 e. The SMILES string of the molecule is Cc1[c-][cH-]c(=O)[c-]c1C.[Y].[Y].[Y].[Y].[Y].[Y].[Y].[Y].[Y].[Y]. The normalized spacial score (nSPS) is 4.53. The van der Waals surface area contributed by atoms with Crippen LogP contribution < -0.4 is 5.43 Å². The molecule has 19 heavy (non-hydrogen) atoms. The molecule has 78 valence electrons. The van der Waals surface area contributed by atoms with E-state index in [2.05, 4.69) is 12.1 Å². The average molecular weight is 1010 g/mol. The van der Waals surface area contributed by atoms with Crippen molar-refractivity contribution in [2.24, 2.45) is 0 Å². The van der Waals surface area contributed by atoms with Crippen molar-refractivity contribution in [3.05, 3.63) is 39.5 Å². The number of aryl methyl sites for hydroxylation is 2. The minimum atomic E-state index is -0.0851. The molecule has 0 atom stereocenters. The van der Waals surface area contributed by atoms with Crippen LogP contribution in [0.25, 0.3) is 0 Å². The Hall–Kier alpha value is 10.1. The predicted octanol–water partition coefficient (Wildman–Crippen LogP) is 0.958. The van der Waals surface area contributed by atoms with Gasteiger partial charge in [0.15, 0.2) is 0 Å². The second-order valence-corrected chi connectivity index (χ2v) is 2.03. The summed E-state index contributed by atoms with van der Waals surface area (Å²) >= 11 is 0. The van der Waals surface area contributed by atoms with Crippen LogP contribution >= 0.6 is 0 Å². The molecule has 0 amide bonds. The van der Waals surface area contributed by atoms with E-state index in [-0.39, 0.29) is 333 Å². The molecule has 10 radical (unpaired) electrons. The zero-order chi connectivity index (χ0) is 6.85. The van der Waals surface area contributed by atoms with Crippen molar-refractivity contribution in [3.8, 4) is 0 Å². The summed E-state index contributed by atoms with van der Waals surface area (Å²) in [5, 5.41) is 0. The first kappa shape index (κ1) is 63.0. The number of hydrogen-bond donors (Lipinski definition) is 0. The van der Waals surface area contributed by atoms with Crippen LogP contribution in [0.5, 0.6) is 0 Å². The van der Waals surface area contributed by atoms with Gasteiger partial charge in [-0.15, -0.1) is 6.92 Å². The van der Waals surface area contributed by atoms with Gasteiger partial charge in [0.25, 0.3) is 0 Å². The van der Waals surface area contributed by atoms with E-state index < -0.39 is 0 Å². The smallest absolute Gasteiger partial charge is 0 e. The Bertz CT molecular complexity index is 276. The molecular formula is C8H7OY10-3. The topological polar surface area (TPSA) is 17.1 Å². The van der Waals surface area contributed by atoms with Crippen LogP contribution in [0, 0.1) is 26.0 Å². The van der Waals surface area contributed by atoms with Crippen molar-refractivity contribution in [1.29, 1.82) is 0 Å². The molecular weight excluding hydrogens is 1000 g/mol. The maximum Gasteiger partial charge on any atom is 0 e. The molecule has 0 saturated heterocycles. The van der Waals surface area contributed by atoms with Crippen molar-refractivity contribution in [2.75, 3.05) is 0 Å². The zero-order valence-electron chi connectivity index (χ0n) is 11.3. The first-order chi connectivity index (χ1) is 4.20. The minimum absolute atomic E-state index is 0. The van der Waals surface area contributed by atoms with Crippen molar-refractivity contribution in [3.63, 3.8) is 0 Å². The molecule has 11 heteroatoms. The van der Waals surface area contributed by atoms with E-state index in [4.69, 9.17) is 0 Å². The number of rotatable bonds is 0. The van der Waals surface area contributed by atoms with E-state index in [0.717, 1.165) is 11.1 Å². The first-order valence-corrected chi connectivity index (χ1v) is 2.78. The molecule has 1 aromatic carbocycles. The van der Waals surface area contributed by atoms with Crippen LogP contribution in [0.2, 0.25) is 0 Å². The molecule has 1 nitrogen and oxygen atoms in total. The zero-order valence-corrected chi connectivity index (χ0v) is 39.6.